The maximum absolute atomic E-state index is 14.7. The van der Waals surface area contributed by atoms with Gasteiger partial charge in [0.1, 0.15) is 16.5 Å². The molecule has 0 spiro atoms. The predicted molar refractivity (Wildman–Crippen MR) is 187 cm³/mol. The number of carbonyl (C=O) groups excluding carboxylic acids is 2. The summed E-state index contributed by atoms with van der Waals surface area (Å²) in [6.45, 7) is 10.0. The first-order valence-corrected chi connectivity index (χ1v) is 18.2. The Morgan fingerprint density at radius 2 is 1.61 bits per heavy atom. The van der Waals surface area contributed by atoms with Crippen molar-refractivity contribution >= 4 is 51.9 Å². The number of fused-ring (bicyclic) bond motifs is 1. The van der Waals surface area contributed by atoms with E-state index in [-0.39, 0.29) is 29.8 Å². The van der Waals surface area contributed by atoms with Crippen molar-refractivity contribution in [2.24, 2.45) is 10.9 Å². The van der Waals surface area contributed by atoms with Crippen LogP contribution in [0.3, 0.4) is 0 Å². The Bertz CT molecular complexity index is 1590. The van der Waals surface area contributed by atoms with Crippen LogP contribution in [0.15, 0.2) is 64.1 Å². The molecular weight excluding hydrogens is 637 g/mol. The summed E-state index contributed by atoms with van der Waals surface area (Å²) in [5, 5.41) is 2.16. The lowest BCUT2D eigenvalue weighted by Crippen LogP contribution is -2.50. The molecule has 2 saturated heterocycles. The second kappa shape index (κ2) is 12.2. The lowest BCUT2D eigenvalue weighted by atomic mass is 9.81. The van der Waals surface area contributed by atoms with Gasteiger partial charge in [-0.2, -0.15) is 0 Å². The highest BCUT2D eigenvalue weighted by molar-refractivity contribution is 8.18. The Hall–Kier alpha value is -2.52. The molecule has 5 atom stereocenters. The van der Waals surface area contributed by atoms with Gasteiger partial charge in [0.2, 0.25) is 5.91 Å². The molecule has 3 fully saturated rings. The zero-order chi connectivity index (χ0) is 32.5. The predicted octanol–water partition coefficient (Wildman–Crippen LogP) is 7.31. The molecule has 2 amide bonds. The molecule has 4 aliphatic heterocycles. The second-order valence-electron chi connectivity index (χ2n) is 14.1. The number of amidine groups is 1. The second-order valence-corrected chi connectivity index (χ2v) is 16.0. The zero-order valence-electron chi connectivity index (χ0n) is 27.2. The quantitative estimate of drug-likeness (QED) is 0.307. The van der Waals surface area contributed by atoms with Gasteiger partial charge in [-0.25, -0.2) is 4.99 Å². The summed E-state index contributed by atoms with van der Waals surface area (Å²) >= 11 is 14.1. The van der Waals surface area contributed by atoms with Crippen molar-refractivity contribution in [3.63, 3.8) is 0 Å². The van der Waals surface area contributed by atoms with Gasteiger partial charge in [0, 0.05) is 47.0 Å². The minimum Gasteiger partial charge on any atom is -0.339 e. The van der Waals surface area contributed by atoms with Crippen molar-refractivity contribution < 1.29 is 9.59 Å². The van der Waals surface area contributed by atoms with Crippen LogP contribution < -0.4 is 0 Å². The molecule has 1 aliphatic carbocycles. The number of likely N-dealkylation sites (tertiary alicyclic amines) is 2. The van der Waals surface area contributed by atoms with Crippen LogP contribution in [0.2, 0.25) is 10.0 Å². The molecule has 46 heavy (non-hydrogen) atoms. The smallest absolute Gasteiger partial charge is 0.263 e. The lowest BCUT2D eigenvalue weighted by molar-refractivity contribution is -0.142. The Labute approximate surface area is 287 Å². The largest absolute Gasteiger partial charge is 0.339 e. The number of amides is 2. The van der Waals surface area contributed by atoms with Crippen LogP contribution in [0, 0.1) is 5.92 Å². The van der Waals surface area contributed by atoms with E-state index < -0.39 is 11.6 Å². The molecule has 5 aliphatic rings. The SMILES string of the molecule is CC(C)C1=C(C(=O)N2[C@H](C)CC[C@@H]2C(=O)N2CC[C@@H](N(C)C3CC3)C2)SC2=N[C@@](C)(c3ccc(Cl)cc3)[C@@H](c3ccc(Cl)cc3)N21. The van der Waals surface area contributed by atoms with Gasteiger partial charge in [-0.15, -0.1) is 0 Å². The van der Waals surface area contributed by atoms with E-state index in [4.69, 9.17) is 28.2 Å². The number of rotatable bonds is 7. The number of hydrogen-bond donors (Lipinski definition) is 0. The molecule has 244 valence electrons. The van der Waals surface area contributed by atoms with Crippen LogP contribution in [0.4, 0.5) is 0 Å². The Kier molecular flexibility index (Phi) is 8.48. The Balaban J connectivity index is 1.22. The van der Waals surface area contributed by atoms with Crippen molar-refractivity contribution in [3.05, 3.63) is 80.3 Å². The minimum absolute atomic E-state index is 0.0146. The van der Waals surface area contributed by atoms with Crippen LogP contribution in [-0.4, -0.2) is 80.9 Å². The molecule has 7 nitrogen and oxygen atoms in total. The van der Waals surface area contributed by atoms with Crippen LogP contribution in [0.5, 0.6) is 0 Å². The van der Waals surface area contributed by atoms with Crippen molar-refractivity contribution in [1.29, 1.82) is 0 Å². The van der Waals surface area contributed by atoms with Gasteiger partial charge in [-0.05, 0) is 106 Å². The standard InChI is InChI=1S/C36H43Cl2N5O2S/c1-21(2)30-31(34(45)42-22(3)6-17-29(42)33(44)41-19-18-28(20-41)40(5)27-15-16-27)46-35-39-36(4,24-9-13-26(38)14-10-24)32(43(30)35)23-7-11-25(37)12-8-23/h7-14,21-22,27-29,32H,6,15-20H2,1-5H3/t22-,28-,29-,32-,36+/m1/s1. The van der Waals surface area contributed by atoms with Crippen LogP contribution >= 0.6 is 35.0 Å². The molecule has 0 N–H and O–H groups in total. The zero-order valence-corrected chi connectivity index (χ0v) is 29.6. The summed E-state index contributed by atoms with van der Waals surface area (Å²) in [6.07, 6.45) is 5.04. The summed E-state index contributed by atoms with van der Waals surface area (Å²) in [7, 11) is 2.20. The minimum atomic E-state index is -0.630. The van der Waals surface area contributed by atoms with E-state index in [1.807, 2.05) is 46.2 Å². The summed E-state index contributed by atoms with van der Waals surface area (Å²) in [5.41, 5.74) is 2.44. The van der Waals surface area contributed by atoms with Crippen molar-refractivity contribution in [1.82, 2.24) is 19.6 Å². The number of thioether (sulfide) groups is 1. The number of likely N-dealkylation sites (N-methyl/N-ethyl adjacent to an activating group) is 1. The number of halogens is 2. The van der Waals surface area contributed by atoms with E-state index >= 15 is 0 Å². The first kappa shape index (κ1) is 32.0. The van der Waals surface area contributed by atoms with Crippen LogP contribution in [0.1, 0.15) is 77.0 Å². The van der Waals surface area contributed by atoms with E-state index in [1.54, 1.807) is 0 Å². The highest BCUT2D eigenvalue weighted by atomic mass is 35.5. The third-order valence-electron chi connectivity index (χ3n) is 10.7. The summed E-state index contributed by atoms with van der Waals surface area (Å²) in [6, 6.07) is 16.3. The maximum atomic E-state index is 14.7. The fourth-order valence-electron chi connectivity index (χ4n) is 8.02. The molecule has 0 unspecified atom stereocenters. The Morgan fingerprint density at radius 1 is 0.957 bits per heavy atom. The molecule has 0 aromatic heterocycles. The number of aliphatic imine (C=N–C) groups is 1. The molecular formula is C36H43Cl2N5O2S. The van der Waals surface area contributed by atoms with Gasteiger partial charge in [0.15, 0.2) is 5.17 Å². The molecule has 1 saturated carbocycles. The average molecular weight is 681 g/mol. The number of carbonyl (C=O) groups is 2. The molecule has 2 aromatic rings. The van der Waals surface area contributed by atoms with E-state index in [2.05, 4.69) is 56.7 Å². The average Bonchev–Trinajstić information content (AvgIpc) is 3.32. The monoisotopic (exact) mass is 679 g/mol. The lowest BCUT2D eigenvalue weighted by Gasteiger charge is -2.37. The van der Waals surface area contributed by atoms with Gasteiger partial charge in [-0.3, -0.25) is 14.5 Å². The maximum Gasteiger partial charge on any atom is 0.263 e. The third kappa shape index (κ3) is 5.47. The number of nitrogens with zero attached hydrogens (tertiary/aromatic N) is 5. The topological polar surface area (TPSA) is 59.5 Å². The Morgan fingerprint density at radius 3 is 2.24 bits per heavy atom. The molecule has 10 heteroatoms. The molecule has 0 radical (unpaired) electrons. The van der Waals surface area contributed by atoms with E-state index in [9.17, 15) is 9.59 Å². The normalized spacial score (nSPS) is 29.4. The highest BCUT2D eigenvalue weighted by Crippen LogP contribution is 2.56. The van der Waals surface area contributed by atoms with E-state index in [1.165, 1.54) is 24.6 Å². The van der Waals surface area contributed by atoms with Gasteiger partial charge in [0.05, 0.1) is 6.04 Å². The number of allylic oxidation sites excluding steroid dienone is 1. The summed E-state index contributed by atoms with van der Waals surface area (Å²) < 4.78 is 0. The van der Waals surface area contributed by atoms with Crippen molar-refractivity contribution in [2.75, 3.05) is 20.1 Å². The number of benzene rings is 2. The fourth-order valence-corrected chi connectivity index (χ4v) is 9.62. The number of hydrogen-bond acceptors (Lipinski definition) is 6. The molecule has 7 rings (SSSR count). The third-order valence-corrected chi connectivity index (χ3v) is 12.3. The summed E-state index contributed by atoms with van der Waals surface area (Å²) in [5.74, 6) is 0.0974. The highest BCUT2D eigenvalue weighted by Gasteiger charge is 2.54. The van der Waals surface area contributed by atoms with E-state index in [0.717, 1.165) is 47.9 Å². The van der Waals surface area contributed by atoms with Gasteiger partial charge < -0.3 is 14.7 Å². The van der Waals surface area contributed by atoms with Crippen molar-refractivity contribution in [2.45, 2.75) is 95.5 Å². The van der Waals surface area contributed by atoms with E-state index in [0.29, 0.717) is 33.5 Å². The molecule has 2 aromatic carbocycles. The van der Waals surface area contributed by atoms with Gasteiger partial charge in [0.25, 0.3) is 5.91 Å². The first-order chi connectivity index (χ1) is 22.0. The fraction of sp³-hybridized carbons (Fsp3) is 0.528. The van der Waals surface area contributed by atoms with Crippen LogP contribution in [-0.2, 0) is 15.1 Å². The summed E-state index contributed by atoms with van der Waals surface area (Å²) in [4.78, 5) is 43.5. The first-order valence-electron chi connectivity index (χ1n) is 16.6. The van der Waals surface area contributed by atoms with Gasteiger partial charge >= 0.3 is 0 Å². The molecule has 0 bridgehead atoms. The molecule has 4 heterocycles. The van der Waals surface area contributed by atoms with Crippen molar-refractivity contribution in [3.8, 4) is 0 Å². The van der Waals surface area contributed by atoms with Gasteiger partial charge in [-0.1, -0.05) is 61.3 Å². The van der Waals surface area contributed by atoms with Crippen LogP contribution in [0.25, 0.3) is 0 Å².